The molecule has 0 aromatic rings. The van der Waals surface area contributed by atoms with Crippen molar-refractivity contribution in [2.75, 3.05) is 6.54 Å². The Hall–Kier alpha value is -0.363. The van der Waals surface area contributed by atoms with Crippen molar-refractivity contribution in [3.05, 3.63) is 0 Å². The molecule has 0 amide bonds. The van der Waals surface area contributed by atoms with Crippen LogP contribution in [0.15, 0.2) is 0 Å². The van der Waals surface area contributed by atoms with Gasteiger partial charge in [0.15, 0.2) is 0 Å². The fraction of sp³-hybridized carbons (Fsp3) is 0.875. The molecule has 0 bridgehead atoms. The van der Waals surface area contributed by atoms with Gasteiger partial charge in [0.05, 0.1) is 0 Å². The van der Waals surface area contributed by atoms with E-state index in [4.69, 9.17) is 0 Å². The number of halogens is 3. The largest absolute Gasteiger partial charge is 0.399 e. The van der Waals surface area contributed by atoms with Crippen molar-refractivity contribution < 1.29 is 18.0 Å². The third kappa shape index (κ3) is 5.38. The number of Topliss-reactive ketones (excluding diaryl/α,β-unsaturated/α-hetero) is 1. The van der Waals surface area contributed by atoms with Gasteiger partial charge >= 0.3 is 6.18 Å². The van der Waals surface area contributed by atoms with Gasteiger partial charge in [-0.2, -0.15) is 13.2 Å². The Balaban J connectivity index is 4.35. The quantitative estimate of drug-likeness (QED) is 0.746. The van der Waals surface area contributed by atoms with Gasteiger partial charge in [0.25, 0.3) is 0 Å². The summed E-state index contributed by atoms with van der Waals surface area (Å²) in [5, 5.41) is 0. The molecular weight excluding hydrogens is 211 g/mol. The van der Waals surface area contributed by atoms with Crippen LogP contribution in [0, 0.1) is 5.92 Å². The zero-order valence-corrected chi connectivity index (χ0v) is 9.83. The molecule has 0 aromatic heterocycles. The highest BCUT2D eigenvalue weighted by Gasteiger charge is 2.42. The molecule has 1 atom stereocenters. The molecule has 6 heteroatoms. The molecular formula is C8H16F3NOSi. The van der Waals surface area contributed by atoms with Gasteiger partial charge in [0.1, 0.15) is 19.9 Å². The Bertz CT molecular complexity index is 210. The van der Waals surface area contributed by atoms with Crippen LogP contribution < -0.4 is 4.98 Å². The highest BCUT2D eigenvalue weighted by Crippen LogP contribution is 2.26. The van der Waals surface area contributed by atoms with Crippen LogP contribution in [-0.4, -0.2) is 26.7 Å². The third-order valence-corrected chi connectivity index (χ3v) is 2.99. The maximum atomic E-state index is 12.3. The maximum Gasteiger partial charge on any atom is 0.399 e. The number of ketones is 1. The van der Waals surface area contributed by atoms with Crippen LogP contribution in [-0.2, 0) is 4.79 Å². The lowest BCUT2D eigenvalue weighted by Gasteiger charge is -2.23. The number of nitrogens with one attached hydrogen (secondary N) is 1. The van der Waals surface area contributed by atoms with Crippen molar-refractivity contribution in [3.8, 4) is 0 Å². The summed E-state index contributed by atoms with van der Waals surface area (Å²) in [5.41, 5.74) is 0. The van der Waals surface area contributed by atoms with Gasteiger partial charge in [-0.3, -0.25) is 4.79 Å². The minimum absolute atomic E-state index is 0.297. The summed E-state index contributed by atoms with van der Waals surface area (Å²) in [6, 6.07) is 0. The molecule has 0 saturated carbocycles. The molecule has 0 spiro atoms. The molecule has 14 heavy (non-hydrogen) atoms. The Kier molecular flexibility index (Phi) is 4.32. The zero-order valence-electron chi connectivity index (χ0n) is 8.83. The van der Waals surface area contributed by atoms with E-state index in [0.29, 0.717) is 0 Å². The molecule has 0 fully saturated rings. The first-order valence-corrected chi connectivity index (χ1v) is 7.86. The van der Waals surface area contributed by atoms with Crippen molar-refractivity contribution in [1.29, 1.82) is 0 Å². The molecule has 0 aliphatic carbocycles. The highest BCUT2D eigenvalue weighted by atomic mass is 28.3. The molecule has 84 valence electrons. The second-order valence-electron chi connectivity index (χ2n) is 4.34. The SMILES string of the molecule is CC(=O)C(CN[Si](C)(C)C)C(F)(F)F. The lowest BCUT2D eigenvalue weighted by Crippen LogP contribution is -2.48. The zero-order chi connectivity index (χ0) is 11.6. The molecule has 0 aromatic carbocycles. The monoisotopic (exact) mass is 227 g/mol. The van der Waals surface area contributed by atoms with Gasteiger partial charge in [0.2, 0.25) is 0 Å². The minimum Gasteiger partial charge on any atom is -0.336 e. The normalized spacial score (nSPS) is 15.4. The summed E-state index contributed by atoms with van der Waals surface area (Å²) in [6.07, 6.45) is -4.43. The van der Waals surface area contributed by atoms with E-state index < -0.39 is 26.1 Å². The van der Waals surface area contributed by atoms with Crippen molar-refractivity contribution in [1.82, 2.24) is 4.98 Å². The van der Waals surface area contributed by atoms with Gasteiger partial charge in [-0.1, -0.05) is 19.6 Å². The van der Waals surface area contributed by atoms with Crippen LogP contribution in [0.4, 0.5) is 13.2 Å². The highest BCUT2D eigenvalue weighted by molar-refractivity contribution is 6.73. The lowest BCUT2D eigenvalue weighted by molar-refractivity contribution is -0.178. The average molecular weight is 227 g/mol. The Morgan fingerprint density at radius 3 is 2.00 bits per heavy atom. The molecule has 0 radical (unpaired) electrons. The average Bonchev–Trinajstić information content (AvgIpc) is 1.79. The second kappa shape index (κ2) is 4.44. The Labute approximate surface area is 83.0 Å². The number of alkyl halides is 3. The summed E-state index contributed by atoms with van der Waals surface area (Å²) in [6.45, 7) is 6.35. The smallest absolute Gasteiger partial charge is 0.336 e. The Morgan fingerprint density at radius 2 is 1.79 bits per heavy atom. The first-order valence-electron chi connectivity index (χ1n) is 4.36. The van der Waals surface area contributed by atoms with E-state index in [1.807, 2.05) is 19.6 Å². The van der Waals surface area contributed by atoms with Crippen molar-refractivity contribution in [3.63, 3.8) is 0 Å². The van der Waals surface area contributed by atoms with E-state index in [0.717, 1.165) is 6.92 Å². The summed E-state index contributed by atoms with van der Waals surface area (Å²) >= 11 is 0. The van der Waals surface area contributed by atoms with Crippen LogP contribution in [0.5, 0.6) is 0 Å². The fourth-order valence-electron chi connectivity index (χ4n) is 0.898. The van der Waals surface area contributed by atoms with Crippen molar-refractivity contribution in [2.45, 2.75) is 32.7 Å². The topological polar surface area (TPSA) is 29.1 Å². The summed E-state index contributed by atoms with van der Waals surface area (Å²) in [7, 11) is -1.75. The van der Waals surface area contributed by atoms with E-state index in [1.165, 1.54) is 0 Å². The molecule has 2 nitrogen and oxygen atoms in total. The molecule has 0 heterocycles. The van der Waals surface area contributed by atoms with Gasteiger partial charge in [-0.25, -0.2) is 0 Å². The minimum atomic E-state index is -4.43. The number of rotatable bonds is 4. The van der Waals surface area contributed by atoms with Gasteiger partial charge < -0.3 is 4.98 Å². The Morgan fingerprint density at radius 1 is 1.36 bits per heavy atom. The molecule has 0 saturated heterocycles. The van der Waals surface area contributed by atoms with Crippen LogP contribution in [0.1, 0.15) is 6.92 Å². The van der Waals surface area contributed by atoms with E-state index in [2.05, 4.69) is 4.98 Å². The number of hydrogen-bond donors (Lipinski definition) is 1. The summed E-state index contributed by atoms with van der Waals surface area (Å²) < 4.78 is 36.9. The molecule has 0 aliphatic rings. The fourth-order valence-corrected chi connectivity index (χ4v) is 1.71. The van der Waals surface area contributed by atoms with E-state index in [1.54, 1.807) is 0 Å². The van der Waals surface area contributed by atoms with Crippen molar-refractivity contribution in [2.24, 2.45) is 5.92 Å². The van der Waals surface area contributed by atoms with E-state index in [9.17, 15) is 18.0 Å². The predicted octanol–water partition coefficient (Wildman–Crippen LogP) is 2.18. The van der Waals surface area contributed by atoms with Crippen LogP contribution in [0.25, 0.3) is 0 Å². The van der Waals surface area contributed by atoms with E-state index >= 15 is 0 Å². The summed E-state index contributed by atoms with van der Waals surface area (Å²) in [5.74, 6) is -2.70. The van der Waals surface area contributed by atoms with Crippen LogP contribution in [0.3, 0.4) is 0 Å². The number of carbonyl (C=O) groups is 1. The maximum absolute atomic E-state index is 12.3. The van der Waals surface area contributed by atoms with E-state index in [-0.39, 0.29) is 6.54 Å². The summed E-state index contributed by atoms with van der Waals surface area (Å²) in [4.78, 5) is 13.6. The van der Waals surface area contributed by atoms with Gasteiger partial charge in [0, 0.05) is 6.54 Å². The van der Waals surface area contributed by atoms with Crippen LogP contribution >= 0.6 is 0 Å². The molecule has 1 N–H and O–H groups in total. The molecule has 1 unspecified atom stereocenters. The van der Waals surface area contributed by atoms with Gasteiger partial charge in [-0.15, -0.1) is 0 Å². The number of hydrogen-bond acceptors (Lipinski definition) is 2. The first kappa shape index (κ1) is 13.6. The predicted molar refractivity (Wildman–Crippen MR) is 51.6 cm³/mol. The third-order valence-electron chi connectivity index (χ3n) is 1.72. The lowest BCUT2D eigenvalue weighted by atomic mass is 10.1. The second-order valence-corrected chi connectivity index (χ2v) is 9.19. The standard InChI is InChI=1S/C8H16F3NOSi/c1-6(13)7(8(9,10)11)5-12-14(2,3)4/h7,12H,5H2,1-4H3. The molecule has 0 aliphatic heterocycles. The van der Waals surface area contributed by atoms with Crippen molar-refractivity contribution >= 4 is 14.0 Å². The molecule has 0 rings (SSSR count). The first-order chi connectivity index (χ1) is 6.04. The number of carbonyl (C=O) groups excluding carboxylic acids is 1. The van der Waals surface area contributed by atoms with Gasteiger partial charge in [-0.05, 0) is 6.92 Å². The van der Waals surface area contributed by atoms with Crippen LogP contribution in [0.2, 0.25) is 19.6 Å².